The van der Waals surface area contributed by atoms with Gasteiger partial charge in [0.1, 0.15) is 0 Å². The van der Waals surface area contributed by atoms with Gasteiger partial charge in [0.05, 0.1) is 19.8 Å². The van der Waals surface area contributed by atoms with Gasteiger partial charge in [-0.1, -0.05) is 58.8 Å². The lowest BCUT2D eigenvalue weighted by molar-refractivity contribution is -0.133. The fourth-order valence-electron chi connectivity index (χ4n) is 1.49. The molecule has 0 heterocycles. The molecule has 0 unspecified atom stereocenters. The Morgan fingerprint density at radius 2 is 0.875 bits per heavy atom. The fourth-order valence-corrected chi connectivity index (χ4v) is 1.49. The zero-order valence-corrected chi connectivity index (χ0v) is 19.9. The minimum absolute atomic E-state index is 0.131. The fraction of sp³-hybridized carbons (Fsp3) is 0.609. The van der Waals surface area contributed by atoms with Crippen LogP contribution in [0.5, 0.6) is 0 Å². The molecule has 6 N–H and O–H groups in total. The molecule has 0 saturated heterocycles. The van der Waals surface area contributed by atoms with Crippen LogP contribution >= 0.6 is 0 Å². The maximum absolute atomic E-state index is 9.60. The summed E-state index contributed by atoms with van der Waals surface area (Å²) in [4.78, 5) is 28.8. The maximum atomic E-state index is 9.60. The summed E-state index contributed by atoms with van der Waals surface area (Å²) in [5, 5.41) is 50.9. The van der Waals surface area contributed by atoms with Crippen LogP contribution in [0.1, 0.15) is 66.2 Å². The number of aliphatic carboxylic acids is 3. The Kier molecular flexibility index (Phi) is 26.7. The molecule has 0 radical (unpaired) electrons. The van der Waals surface area contributed by atoms with Gasteiger partial charge in [-0.25, -0.2) is 14.4 Å². The smallest absolute Gasteiger partial charge is 0.330 e. The van der Waals surface area contributed by atoms with Crippen molar-refractivity contribution < 1.29 is 45.0 Å². The number of unbranched alkanes of at least 4 members (excludes halogenated alkanes) is 4. The van der Waals surface area contributed by atoms with Crippen LogP contribution in [0.4, 0.5) is 0 Å². The SMILES string of the molecule is C=C(C)C(=O)O.C=C(C)C(=O)O.C=C(C)C(=O)O.CCCCCCCC(CO)(CO)CO. The molecule has 0 fully saturated rings. The summed E-state index contributed by atoms with van der Waals surface area (Å²) in [6.45, 7) is 15.6. The average molecular weight is 463 g/mol. The summed E-state index contributed by atoms with van der Waals surface area (Å²) >= 11 is 0. The van der Waals surface area contributed by atoms with Gasteiger partial charge in [0.15, 0.2) is 0 Å². The first-order valence-corrected chi connectivity index (χ1v) is 10.2. The monoisotopic (exact) mass is 462 g/mol. The Hall–Kier alpha value is -2.49. The standard InChI is InChI=1S/C11H24O3.3C4H6O2/c1-2-3-4-5-6-7-11(8-12,9-13)10-14;3*1-3(2)4(5)6/h12-14H,2-10H2,1H3;3*1H2,2H3,(H,5,6). The molecule has 0 aromatic heterocycles. The molecule has 188 valence electrons. The van der Waals surface area contributed by atoms with Crippen LogP contribution in [-0.4, -0.2) is 68.4 Å². The quantitative estimate of drug-likeness (QED) is 0.188. The van der Waals surface area contributed by atoms with Crippen molar-refractivity contribution >= 4 is 17.9 Å². The van der Waals surface area contributed by atoms with E-state index in [-0.39, 0.29) is 36.5 Å². The normalized spacial score (nSPS) is 9.47. The lowest BCUT2D eigenvalue weighted by Gasteiger charge is -2.27. The summed E-state index contributed by atoms with van der Waals surface area (Å²) in [6, 6.07) is 0. The van der Waals surface area contributed by atoms with Crippen molar-refractivity contribution in [2.24, 2.45) is 5.41 Å². The molecule has 0 spiro atoms. The number of carbonyl (C=O) groups is 3. The van der Waals surface area contributed by atoms with E-state index in [4.69, 9.17) is 30.6 Å². The van der Waals surface area contributed by atoms with Gasteiger partial charge in [0.25, 0.3) is 0 Å². The van der Waals surface area contributed by atoms with Crippen LogP contribution in [-0.2, 0) is 14.4 Å². The molecule has 9 heteroatoms. The third kappa shape index (κ3) is 27.5. The zero-order valence-electron chi connectivity index (χ0n) is 19.9. The van der Waals surface area contributed by atoms with Crippen molar-refractivity contribution in [1.29, 1.82) is 0 Å². The summed E-state index contributed by atoms with van der Waals surface area (Å²) in [5.74, 6) is -2.81. The Labute approximate surface area is 191 Å². The van der Waals surface area contributed by atoms with E-state index in [9.17, 15) is 14.4 Å². The minimum Gasteiger partial charge on any atom is -0.478 e. The molecule has 0 amide bonds. The van der Waals surface area contributed by atoms with Crippen molar-refractivity contribution in [3.8, 4) is 0 Å². The van der Waals surface area contributed by atoms with E-state index in [1.165, 1.54) is 40.0 Å². The van der Waals surface area contributed by atoms with E-state index in [1.807, 2.05) is 0 Å². The second-order valence-corrected chi connectivity index (χ2v) is 7.40. The number of hydrogen-bond acceptors (Lipinski definition) is 6. The summed E-state index contributed by atoms with van der Waals surface area (Å²) in [7, 11) is 0. The van der Waals surface area contributed by atoms with Gasteiger partial charge in [-0.05, 0) is 27.2 Å². The van der Waals surface area contributed by atoms with Crippen molar-refractivity contribution in [1.82, 2.24) is 0 Å². The van der Waals surface area contributed by atoms with Crippen LogP contribution in [0, 0.1) is 5.41 Å². The van der Waals surface area contributed by atoms with E-state index in [2.05, 4.69) is 26.7 Å². The second kappa shape index (κ2) is 23.2. The number of aliphatic hydroxyl groups excluding tert-OH is 3. The lowest BCUT2D eigenvalue weighted by Crippen LogP contribution is -2.33. The first-order valence-electron chi connectivity index (χ1n) is 10.2. The first kappa shape index (κ1) is 36.9. The van der Waals surface area contributed by atoms with Gasteiger partial charge >= 0.3 is 17.9 Å². The van der Waals surface area contributed by atoms with Crippen LogP contribution in [0.3, 0.4) is 0 Å². The van der Waals surface area contributed by atoms with Crippen LogP contribution < -0.4 is 0 Å². The van der Waals surface area contributed by atoms with E-state index < -0.39 is 23.3 Å². The van der Waals surface area contributed by atoms with Gasteiger partial charge in [0, 0.05) is 22.1 Å². The number of rotatable bonds is 12. The first-order chi connectivity index (χ1) is 14.7. The van der Waals surface area contributed by atoms with Crippen LogP contribution in [0.15, 0.2) is 36.5 Å². The summed E-state index contributed by atoms with van der Waals surface area (Å²) in [5.41, 5.74) is -0.133. The Morgan fingerprint density at radius 1 is 0.625 bits per heavy atom. The van der Waals surface area contributed by atoms with Crippen LogP contribution in [0.25, 0.3) is 0 Å². The third-order valence-electron chi connectivity index (χ3n) is 3.91. The predicted octanol–water partition coefficient (Wildman–Crippen LogP) is 3.25. The molecule has 0 aromatic carbocycles. The molecule has 0 saturated carbocycles. The highest BCUT2D eigenvalue weighted by molar-refractivity contribution is 5.85. The largest absolute Gasteiger partial charge is 0.478 e. The predicted molar refractivity (Wildman–Crippen MR) is 124 cm³/mol. The molecule has 9 nitrogen and oxygen atoms in total. The molecule has 0 aliphatic rings. The number of aliphatic hydroxyl groups is 3. The second-order valence-electron chi connectivity index (χ2n) is 7.40. The van der Waals surface area contributed by atoms with Crippen molar-refractivity contribution in [3.05, 3.63) is 36.5 Å². The molecular formula is C23H42O9. The van der Waals surface area contributed by atoms with Crippen molar-refractivity contribution in [2.75, 3.05) is 19.8 Å². The highest BCUT2D eigenvalue weighted by Gasteiger charge is 2.26. The van der Waals surface area contributed by atoms with E-state index in [0.29, 0.717) is 6.42 Å². The molecule has 0 bridgehead atoms. The number of carboxylic acids is 3. The van der Waals surface area contributed by atoms with Crippen molar-refractivity contribution in [3.63, 3.8) is 0 Å². The van der Waals surface area contributed by atoms with Gasteiger partial charge in [-0.15, -0.1) is 0 Å². The topological polar surface area (TPSA) is 173 Å². The van der Waals surface area contributed by atoms with Crippen LogP contribution in [0.2, 0.25) is 0 Å². The minimum atomic E-state index is -0.935. The average Bonchev–Trinajstić information content (AvgIpc) is 2.72. The van der Waals surface area contributed by atoms with Gasteiger partial charge in [-0.3, -0.25) is 0 Å². The Bertz CT molecular complexity index is 475. The molecule has 0 atom stereocenters. The zero-order chi connectivity index (χ0) is 26.3. The number of hydrogen-bond donors (Lipinski definition) is 6. The van der Waals surface area contributed by atoms with E-state index in [1.54, 1.807) is 0 Å². The maximum Gasteiger partial charge on any atom is 0.330 e. The number of carboxylic acid groups (broad SMARTS) is 3. The molecular weight excluding hydrogens is 420 g/mol. The van der Waals surface area contributed by atoms with E-state index >= 15 is 0 Å². The van der Waals surface area contributed by atoms with Gasteiger partial charge in [0.2, 0.25) is 0 Å². The van der Waals surface area contributed by atoms with E-state index in [0.717, 1.165) is 12.8 Å². The molecule has 0 rings (SSSR count). The summed E-state index contributed by atoms with van der Waals surface area (Å²) < 4.78 is 0. The Morgan fingerprint density at radius 3 is 1.06 bits per heavy atom. The third-order valence-corrected chi connectivity index (χ3v) is 3.91. The van der Waals surface area contributed by atoms with Crippen molar-refractivity contribution in [2.45, 2.75) is 66.2 Å². The molecule has 0 aromatic rings. The lowest BCUT2D eigenvalue weighted by atomic mass is 9.85. The van der Waals surface area contributed by atoms with Gasteiger partial charge in [-0.2, -0.15) is 0 Å². The highest BCUT2D eigenvalue weighted by Crippen LogP contribution is 2.23. The Balaban J connectivity index is -0.000000182. The highest BCUT2D eigenvalue weighted by atomic mass is 16.4. The summed E-state index contributed by atoms with van der Waals surface area (Å²) in [6.07, 6.45) is 6.46. The molecule has 0 aliphatic carbocycles. The van der Waals surface area contributed by atoms with Gasteiger partial charge < -0.3 is 30.6 Å². The molecule has 32 heavy (non-hydrogen) atoms. The molecule has 0 aliphatic heterocycles.